The molecule has 16 heavy (non-hydrogen) atoms. The number of benzene rings is 1. The van der Waals surface area contributed by atoms with Crippen molar-refractivity contribution in [2.75, 3.05) is 7.11 Å². The molecule has 1 fully saturated rings. The van der Waals surface area contributed by atoms with Gasteiger partial charge < -0.3 is 4.74 Å². The van der Waals surface area contributed by atoms with Crippen molar-refractivity contribution in [3.8, 4) is 11.8 Å². The average Bonchev–Trinajstić information content (AvgIpc) is 3.04. The summed E-state index contributed by atoms with van der Waals surface area (Å²) in [5.74, 6) is 1.40. The lowest BCUT2D eigenvalue weighted by atomic mass is 9.93. The van der Waals surface area contributed by atoms with E-state index in [-0.39, 0.29) is 5.41 Å². The van der Waals surface area contributed by atoms with E-state index in [1.165, 1.54) is 0 Å². The highest BCUT2D eigenvalue weighted by atomic mass is 16.5. The van der Waals surface area contributed by atoms with Crippen LogP contribution in [0.3, 0.4) is 0 Å². The van der Waals surface area contributed by atoms with Gasteiger partial charge in [0, 0.05) is 0 Å². The zero-order chi connectivity index (χ0) is 11.8. The third kappa shape index (κ3) is 1.48. The van der Waals surface area contributed by atoms with Gasteiger partial charge in [0.05, 0.1) is 18.6 Å². The van der Waals surface area contributed by atoms with Gasteiger partial charge in [-0.3, -0.25) is 0 Å². The number of ether oxygens (including phenoxy) is 1. The summed E-state index contributed by atoms with van der Waals surface area (Å²) in [6.07, 6.45) is 2.07. The number of aryl methyl sites for hydroxylation is 1. The van der Waals surface area contributed by atoms with Crippen molar-refractivity contribution < 1.29 is 4.74 Å². The third-order valence-electron chi connectivity index (χ3n) is 3.72. The van der Waals surface area contributed by atoms with Crippen LogP contribution in [0.25, 0.3) is 0 Å². The molecule has 0 aromatic heterocycles. The quantitative estimate of drug-likeness (QED) is 0.775. The third-order valence-corrected chi connectivity index (χ3v) is 3.72. The lowest BCUT2D eigenvalue weighted by molar-refractivity contribution is 0.410. The molecule has 0 saturated heterocycles. The molecule has 1 saturated carbocycles. The molecule has 2 heteroatoms. The highest BCUT2D eigenvalue weighted by Gasteiger charge is 2.55. The monoisotopic (exact) mass is 215 g/mol. The molecule has 0 aliphatic heterocycles. The van der Waals surface area contributed by atoms with Crippen LogP contribution >= 0.6 is 0 Å². The standard InChI is InChI=1S/C14H17NO/c1-4-11-8-14(11,9-15)12-6-5-10(2)13(7-12)16-3/h5-7,11H,4,8H2,1-3H3. The summed E-state index contributed by atoms with van der Waals surface area (Å²) in [4.78, 5) is 0. The van der Waals surface area contributed by atoms with Crippen molar-refractivity contribution in [1.82, 2.24) is 0 Å². The SMILES string of the molecule is CCC1CC1(C#N)c1ccc(C)c(OC)c1. The lowest BCUT2D eigenvalue weighted by Crippen LogP contribution is -2.07. The second-order valence-electron chi connectivity index (χ2n) is 4.58. The molecule has 2 unspecified atom stereocenters. The summed E-state index contributed by atoms with van der Waals surface area (Å²) in [7, 11) is 1.68. The molecule has 2 nitrogen and oxygen atoms in total. The van der Waals surface area contributed by atoms with Gasteiger partial charge in [-0.05, 0) is 36.5 Å². The van der Waals surface area contributed by atoms with Gasteiger partial charge in [-0.25, -0.2) is 0 Å². The Kier molecular flexibility index (Phi) is 2.63. The molecular formula is C14H17NO. The Hall–Kier alpha value is -1.49. The van der Waals surface area contributed by atoms with Gasteiger partial charge in [-0.1, -0.05) is 25.5 Å². The minimum Gasteiger partial charge on any atom is -0.496 e. The van der Waals surface area contributed by atoms with Gasteiger partial charge in [0.2, 0.25) is 0 Å². The molecule has 84 valence electrons. The van der Waals surface area contributed by atoms with Crippen molar-refractivity contribution in [3.63, 3.8) is 0 Å². The van der Waals surface area contributed by atoms with E-state index < -0.39 is 0 Å². The molecule has 0 bridgehead atoms. The predicted molar refractivity (Wildman–Crippen MR) is 63.4 cm³/mol. The summed E-state index contributed by atoms with van der Waals surface area (Å²) >= 11 is 0. The van der Waals surface area contributed by atoms with E-state index >= 15 is 0 Å². The minimum absolute atomic E-state index is 0.240. The molecule has 1 aliphatic carbocycles. The highest BCUT2D eigenvalue weighted by molar-refractivity contribution is 5.47. The number of rotatable bonds is 3. The molecule has 0 spiro atoms. The molecule has 2 atom stereocenters. The zero-order valence-electron chi connectivity index (χ0n) is 10.1. The molecular weight excluding hydrogens is 198 g/mol. The first-order chi connectivity index (χ1) is 7.67. The van der Waals surface area contributed by atoms with E-state index in [2.05, 4.69) is 19.1 Å². The van der Waals surface area contributed by atoms with Gasteiger partial charge in [0.1, 0.15) is 5.75 Å². The maximum absolute atomic E-state index is 9.35. The highest BCUT2D eigenvalue weighted by Crippen LogP contribution is 2.56. The van der Waals surface area contributed by atoms with E-state index in [0.29, 0.717) is 5.92 Å². The summed E-state index contributed by atoms with van der Waals surface area (Å²) in [6.45, 7) is 4.17. The van der Waals surface area contributed by atoms with E-state index in [4.69, 9.17) is 4.74 Å². The minimum atomic E-state index is -0.240. The number of hydrogen-bond acceptors (Lipinski definition) is 2. The van der Waals surface area contributed by atoms with E-state index in [0.717, 1.165) is 29.7 Å². The lowest BCUT2D eigenvalue weighted by Gasteiger charge is -2.12. The number of nitrogens with zero attached hydrogens (tertiary/aromatic N) is 1. The first-order valence-electron chi connectivity index (χ1n) is 5.74. The fraction of sp³-hybridized carbons (Fsp3) is 0.500. The summed E-state index contributed by atoms with van der Waals surface area (Å²) < 4.78 is 5.31. The molecule has 0 heterocycles. The Balaban J connectivity index is 2.39. The zero-order valence-corrected chi connectivity index (χ0v) is 10.1. The van der Waals surface area contributed by atoms with Crippen LogP contribution in [0.5, 0.6) is 5.75 Å². The predicted octanol–water partition coefficient (Wildman–Crippen LogP) is 3.19. The van der Waals surface area contributed by atoms with Crippen LogP contribution in [-0.4, -0.2) is 7.11 Å². The summed E-state index contributed by atoms with van der Waals surface area (Å²) in [6, 6.07) is 8.61. The van der Waals surface area contributed by atoms with Gasteiger partial charge >= 0.3 is 0 Å². The largest absolute Gasteiger partial charge is 0.496 e. The van der Waals surface area contributed by atoms with Gasteiger partial charge in [0.15, 0.2) is 0 Å². The van der Waals surface area contributed by atoms with Crippen molar-refractivity contribution >= 4 is 0 Å². The fourth-order valence-electron chi connectivity index (χ4n) is 2.48. The second kappa shape index (κ2) is 3.83. The number of nitriles is 1. The van der Waals surface area contributed by atoms with Crippen molar-refractivity contribution in [2.24, 2.45) is 5.92 Å². The molecule has 1 aromatic rings. The molecule has 1 aliphatic rings. The van der Waals surface area contributed by atoms with Crippen LogP contribution < -0.4 is 4.74 Å². The van der Waals surface area contributed by atoms with Crippen molar-refractivity contribution in [3.05, 3.63) is 29.3 Å². The molecule has 2 rings (SSSR count). The topological polar surface area (TPSA) is 33.0 Å². The Morgan fingerprint density at radius 3 is 2.81 bits per heavy atom. The summed E-state index contributed by atoms with van der Waals surface area (Å²) in [5.41, 5.74) is 1.99. The van der Waals surface area contributed by atoms with Gasteiger partial charge in [0.25, 0.3) is 0 Å². The molecule has 0 N–H and O–H groups in total. The van der Waals surface area contributed by atoms with Crippen LogP contribution in [0, 0.1) is 24.2 Å². The second-order valence-corrected chi connectivity index (χ2v) is 4.58. The van der Waals surface area contributed by atoms with Crippen LogP contribution in [0.1, 0.15) is 30.9 Å². The number of hydrogen-bond donors (Lipinski definition) is 0. The van der Waals surface area contributed by atoms with E-state index in [1.54, 1.807) is 7.11 Å². The fourth-order valence-corrected chi connectivity index (χ4v) is 2.48. The molecule has 0 amide bonds. The van der Waals surface area contributed by atoms with E-state index in [1.807, 2.05) is 19.1 Å². The Morgan fingerprint density at radius 2 is 2.31 bits per heavy atom. The Labute approximate surface area is 96.9 Å². The Bertz CT molecular complexity index is 447. The molecule has 0 radical (unpaired) electrons. The number of methoxy groups -OCH3 is 1. The summed E-state index contributed by atoms with van der Waals surface area (Å²) in [5, 5.41) is 9.35. The smallest absolute Gasteiger partial charge is 0.122 e. The van der Waals surface area contributed by atoms with Crippen LogP contribution in [-0.2, 0) is 5.41 Å². The van der Waals surface area contributed by atoms with Gasteiger partial charge in [-0.15, -0.1) is 0 Å². The van der Waals surface area contributed by atoms with E-state index in [9.17, 15) is 5.26 Å². The first-order valence-corrected chi connectivity index (χ1v) is 5.74. The van der Waals surface area contributed by atoms with Crippen molar-refractivity contribution in [1.29, 1.82) is 5.26 Å². The van der Waals surface area contributed by atoms with Crippen LogP contribution in [0.2, 0.25) is 0 Å². The maximum Gasteiger partial charge on any atom is 0.122 e. The first kappa shape index (κ1) is 11.0. The Morgan fingerprint density at radius 1 is 1.56 bits per heavy atom. The van der Waals surface area contributed by atoms with Gasteiger partial charge in [-0.2, -0.15) is 5.26 Å². The maximum atomic E-state index is 9.35. The normalized spacial score (nSPS) is 27.2. The van der Waals surface area contributed by atoms with Crippen LogP contribution in [0.15, 0.2) is 18.2 Å². The average molecular weight is 215 g/mol. The molecule has 1 aromatic carbocycles. The van der Waals surface area contributed by atoms with Crippen molar-refractivity contribution in [2.45, 2.75) is 32.1 Å². The van der Waals surface area contributed by atoms with Crippen LogP contribution in [0.4, 0.5) is 0 Å².